The van der Waals surface area contributed by atoms with Gasteiger partial charge in [0.15, 0.2) is 0 Å². The summed E-state index contributed by atoms with van der Waals surface area (Å²) in [6, 6.07) is -0.503. The molecule has 0 radical (unpaired) electrons. The summed E-state index contributed by atoms with van der Waals surface area (Å²) in [6.45, 7) is 1.11. The first-order valence-corrected chi connectivity index (χ1v) is 5.08. The van der Waals surface area contributed by atoms with Crippen molar-refractivity contribution in [1.29, 1.82) is 0 Å². The highest BCUT2D eigenvalue weighted by Crippen LogP contribution is 1.96. The predicted molar refractivity (Wildman–Crippen MR) is 53.5 cm³/mol. The van der Waals surface area contributed by atoms with Crippen LogP contribution in [0.5, 0.6) is 0 Å². The molecule has 1 aliphatic rings. The number of rotatable bonds is 1. The van der Waals surface area contributed by atoms with Crippen LogP contribution < -0.4 is 10.6 Å². The minimum atomic E-state index is -0.537. The number of hydrogen-bond donors (Lipinski definition) is 2. The monoisotopic (exact) mass is 233 g/mol. The van der Waals surface area contributed by atoms with Crippen molar-refractivity contribution in [3.05, 3.63) is 0 Å². The number of carbonyl (C=O) groups is 3. The van der Waals surface area contributed by atoms with E-state index >= 15 is 0 Å². The smallest absolute Gasteiger partial charge is 0.324 e. The topological polar surface area (TPSA) is 78.5 Å². The van der Waals surface area contributed by atoms with E-state index in [1.807, 2.05) is 0 Å². The van der Waals surface area contributed by atoms with E-state index in [1.54, 1.807) is 0 Å². The highest BCUT2D eigenvalue weighted by molar-refractivity contribution is 6.28. The maximum Gasteiger partial charge on any atom is 0.324 e. The normalized spacial score (nSPS) is 16.6. The number of carbonyl (C=O) groups excluding carboxylic acids is 3. The summed E-state index contributed by atoms with van der Waals surface area (Å²) in [6.07, 6.45) is 0.252. The van der Waals surface area contributed by atoms with Crippen LogP contribution in [0.1, 0.15) is 6.42 Å². The molecular formula is C8H12ClN3O3. The molecule has 0 bridgehead atoms. The SMILES string of the molecule is O=C1CCN(C(=O)NC(=O)CCl)CCN1. The van der Waals surface area contributed by atoms with Gasteiger partial charge in [-0.2, -0.15) is 0 Å². The standard InChI is InChI=1S/C8H12ClN3O3/c9-5-7(14)11-8(15)12-3-1-6(13)10-2-4-12/h1-5H2,(H,10,13)(H,11,14,15). The molecular weight excluding hydrogens is 222 g/mol. The average Bonchev–Trinajstić information content (AvgIpc) is 2.42. The van der Waals surface area contributed by atoms with E-state index in [9.17, 15) is 14.4 Å². The van der Waals surface area contributed by atoms with Gasteiger partial charge in [-0.15, -0.1) is 11.6 Å². The molecule has 1 fully saturated rings. The molecule has 0 aromatic carbocycles. The number of nitrogens with one attached hydrogen (secondary N) is 2. The third-order valence-electron chi connectivity index (χ3n) is 1.97. The van der Waals surface area contributed by atoms with Gasteiger partial charge in [-0.05, 0) is 0 Å². The van der Waals surface area contributed by atoms with Crippen LogP contribution in [0.25, 0.3) is 0 Å². The lowest BCUT2D eigenvalue weighted by atomic mass is 10.4. The zero-order valence-electron chi connectivity index (χ0n) is 8.09. The molecule has 0 atom stereocenters. The van der Waals surface area contributed by atoms with E-state index < -0.39 is 11.9 Å². The molecule has 1 aliphatic heterocycles. The van der Waals surface area contributed by atoms with Gasteiger partial charge in [0.2, 0.25) is 11.8 Å². The fraction of sp³-hybridized carbons (Fsp3) is 0.625. The van der Waals surface area contributed by atoms with Gasteiger partial charge < -0.3 is 10.2 Å². The van der Waals surface area contributed by atoms with E-state index in [4.69, 9.17) is 11.6 Å². The third-order valence-corrected chi connectivity index (χ3v) is 2.21. The van der Waals surface area contributed by atoms with Crippen LogP contribution in [0.3, 0.4) is 0 Å². The summed E-state index contributed by atoms with van der Waals surface area (Å²) >= 11 is 5.24. The lowest BCUT2D eigenvalue weighted by Gasteiger charge is -2.18. The van der Waals surface area contributed by atoms with Crippen molar-refractivity contribution in [2.24, 2.45) is 0 Å². The zero-order chi connectivity index (χ0) is 11.3. The van der Waals surface area contributed by atoms with Crippen molar-refractivity contribution in [3.63, 3.8) is 0 Å². The lowest BCUT2D eigenvalue weighted by Crippen LogP contribution is -2.44. The highest BCUT2D eigenvalue weighted by atomic mass is 35.5. The molecule has 1 rings (SSSR count). The van der Waals surface area contributed by atoms with Crippen LogP contribution in [0.2, 0.25) is 0 Å². The highest BCUT2D eigenvalue weighted by Gasteiger charge is 2.19. The van der Waals surface area contributed by atoms with Crippen molar-refractivity contribution in [2.45, 2.75) is 6.42 Å². The Labute approximate surface area is 91.9 Å². The summed E-state index contributed by atoms with van der Waals surface area (Å²) in [5.41, 5.74) is 0. The first kappa shape index (κ1) is 11.8. The van der Waals surface area contributed by atoms with Crippen LogP contribution in [-0.2, 0) is 9.59 Å². The number of amides is 4. The van der Waals surface area contributed by atoms with Gasteiger partial charge in [0.1, 0.15) is 5.88 Å². The Morgan fingerprint density at radius 2 is 2.20 bits per heavy atom. The van der Waals surface area contributed by atoms with Gasteiger partial charge in [-0.1, -0.05) is 0 Å². The van der Waals surface area contributed by atoms with Crippen molar-refractivity contribution in [2.75, 3.05) is 25.5 Å². The zero-order valence-corrected chi connectivity index (χ0v) is 8.84. The van der Waals surface area contributed by atoms with Gasteiger partial charge in [-0.3, -0.25) is 14.9 Å². The molecule has 4 amide bonds. The fourth-order valence-electron chi connectivity index (χ4n) is 1.20. The number of halogens is 1. The Bertz CT molecular complexity index is 282. The number of imide groups is 1. The Morgan fingerprint density at radius 1 is 1.47 bits per heavy atom. The molecule has 15 heavy (non-hydrogen) atoms. The molecule has 6 nitrogen and oxygen atoms in total. The predicted octanol–water partition coefficient (Wildman–Crippen LogP) is -0.717. The second-order valence-electron chi connectivity index (χ2n) is 3.07. The quantitative estimate of drug-likeness (QED) is 0.587. The maximum atomic E-state index is 11.4. The molecule has 2 N–H and O–H groups in total. The Morgan fingerprint density at radius 3 is 2.87 bits per heavy atom. The maximum absolute atomic E-state index is 11.4. The van der Waals surface area contributed by atoms with Gasteiger partial charge in [0, 0.05) is 26.1 Å². The number of hydrogen-bond acceptors (Lipinski definition) is 3. The van der Waals surface area contributed by atoms with E-state index in [-0.39, 0.29) is 18.2 Å². The van der Waals surface area contributed by atoms with E-state index in [2.05, 4.69) is 10.6 Å². The average molecular weight is 234 g/mol. The first-order chi connectivity index (χ1) is 7.13. The Balaban J connectivity index is 2.45. The molecule has 0 aromatic rings. The van der Waals surface area contributed by atoms with Crippen LogP contribution in [0.4, 0.5) is 4.79 Å². The number of alkyl halides is 1. The molecule has 84 valence electrons. The van der Waals surface area contributed by atoms with E-state index in [0.717, 1.165) is 0 Å². The summed E-state index contributed by atoms with van der Waals surface area (Å²) in [7, 11) is 0. The van der Waals surface area contributed by atoms with Gasteiger partial charge >= 0.3 is 6.03 Å². The molecule has 0 aliphatic carbocycles. The first-order valence-electron chi connectivity index (χ1n) is 4.55. The van der Waals surface area contributed by atoms with E-state index in [1.165, 1.54) is 4.90 Å². The molecule has 7 heteroatoms. The molecule has 0 aromatic heterocycles. The molecule has 1 heterocycles. The van der Waals surface area contributed by atoms with Crippen molar-refractivity contribution in [1.82, 2.24) is 15.5 Å². The Hall–Kier alpha value is -1.30. The van der Waals surface area contributed by atoms with Crippen molar-refractivity contribution >= 4 is 29.4 Å². The Kier molecular flexibility index (Phi) is 4.36. The summed E-state index contributed by atoms with van der Waals surface area (Å²) < 4.78 is 0. The molecule has 0 spiro atoms. The van der Waals surface area contributed by atoms with Gasteiger partial charge in [-0.25, -0.2) is 4.79 Å². The number of nitrogens with zero attached hydrogens (tertiary/aromatic N) is 1. The van der Waals surface area contributed by atoms with Gasteiger partial charge in [0.25, 0.3) is 0 Å². The minimum absolute atomic E-state index is 0.0889. The minimum Gasteiger partial charge on any atom is -0.354 e. The number of urea groups is 1. The second-order valence-corrected chi connectivity index (χ2v) is 3.34. The molecule has 0 unspecified atom stereocenters. The molecule has 1 saturated heterocycles. The molecule has 0 saturated carbocycles. The van der Waals surface area contributed by atoms with E-state index in [0.29, 0.717) is 19.6 Å². The van der Waals surface area contributed by atoms with Crippen LogP contribution in [0, 0.1) is 0 Å². The lowest BCUT2D eigenvalue weighted by molar-refractivity contribution is -0.120. The van der Waals surface area contributed by atoms with Crippen LogP contribution >= 0.6 is 11.6 Å². The van der Waals surface area contributed by atoms with Crippen LogP contribution in [0.15, 0.2) is 0 Å². The van der Waals surface area contributed by atoms with Crippen LogP contribution in [-0.4, -0.2) is 48.3 Å². The summed E-state index contributed by atoms with van der Waals surface area (Å²) in [4.78, 5) is 34.6. The third kappa shape index (κ3) is 3.75. The summed E-state index contributed by atoms with van der Waals surface area (Å²) in [5, 5.41) is 4.74. The second kappa shape index (κ2) is 5.55. The summed E-state index contributed by atoms with van der Waals surface area (Å²) in [5.74, 6) is -0.879. The largest absolute Gasteiger partial charge is 0.354 e. The van der Waals surface area contributed by atoms with Crippen molar-refractivity contribution < 1.29 is 14.4 Å². The van der Waals surface area contributed by atoms with Crippen molar-refractivity contribution in [3.8, 4) is 0 Å². The fourth-order valence-corrected chi connectivity index (χ4v) is 1.27. The van der Waals surface area contributed by atoms with Gasteiger partial charge in [0.05, 0.1) is 0 Å².